The number of aliphatic hydroxyl groups is 1. The summed E-state index contributed by atoms with van der Waals surface area (Å²) in [6.07, 6.45) is 4.60. The number of aromatic nitrogens is 1. The molecule has 0 bridgehead atoms. The minimum Gasteiger partial charge on any atom is -0.388 e. The zero-order valence-corrected chi connectivity index (χ0v) is 9.90. The average molecular weight is 207 g/mol. The lowest BCUT2D eigenvalue weighted by molar-refractivity contribution is 0.144. The van der Waals surface area contributed by atoms with Gasteiger partial charge in [-0.25, -0.2) is 0 Å². The molecule has 1 heterocycles. The highest BCUT2D eigenvalue weighted by molar-refractivity contribution is 5.15. The first-order valence-electron chi connectivity index (χ1n) is 5.74. The Hall–Kier alpha value is -0.890. The summed E-state index contributed by atoms with van der Waals surface area (Å²) < 4.78 is 0. The van der Waals surface area contributed by atoms with Gasteiger partial charge in [0.1, 0.15) is 0 Å². The Labute approximate surface area is 92.4 Å². The second-order valence-electron chi connectivity index (χ2n) is 4.38. The summed E-state index contributed by atoms with van der Waals surface area (Å²) in [6.45, 7) is 6.32. The van der Waals surface area contributed by atoms with E-state index in [1.165, 1.54) is 12.8 Å². The molecule has 1 rings (SSSR count). The maximum atomic E-state index is 9.97. The summed E-state index contributed by atoms with van der Waals surface area (Å²) in [6, 6.07) is 3.91. The maximum absolute atomic E-state index is 9.97. The Balaban J connectivity index is 2.53. The lowest BCUT2D eigenvalue weighted by atomic mass is 9.95. The second-order valence-corrected chi connectivity index (χ2v) is 4.38. The van der Waals surface area contributed by atoms with Crippen LogP contribution in [0.1, 0.15) is 50.5 Å². The number of aryl methyl sites for hydroxylation is 1. The van der Waals surface area contributed by atoms with Crippen molar-refractivity contribution in [1.29, 1.82) is 0 Å². The number of nitrogens with zero attached hydrogens (tertiary/aromatic N) is 1. The third kappa shape index (κ3) is 4.00. The van der Waals surface area contributed by atoms with Gasteiger partial charge in [-0.3, -0.25) is 4.98 Å². The van der Waals surface area contributed by atoms with E-state index in [0.717, 1.165) is 17.7 Å². The third-order valence-electron chi connectivity index (χ3n) is 2.73. The van der Waals surface area contributed by atoms with Crippen molar-refractivity contribution in [1.82, 2.24) is 4.98 Å². The molecular formula is C13H21NO. The summed E-state index contributed by atoms with van der Waals surface area (Å²) in [5.74, 6) is 0.575. The Morgan fingerprint density at radius 1 is 1.40 bits per heavy atom. The van der Waals surface area contributed by atoms with Crippen LogP contribution in [0.25, 0.3) is 0 Å². The van der Waals surface area contributed by atoms with E-state index in [0.29, 0.717) is 5.92 Å². The molecular weight excluding hydrogens is 186 g/mol. The molecule has 0 radical (unpaired) electrons. The zero-order chi connectivity index (χ0) is 11.3. The molecule has 2 unspecified atom stereocenters. The number of rotatable bonds is 5. The minimum atomic E-state index is -0.361. The highest BCUT2D eigenvalue weighted by Crippen LogP contribution is 2.23. The SMILES string of the molecule is CCCC(C)CC(O)c1ccc(C)nc1. The normalized spacial score (nSPS) is 14.9. The topological polar surface area (TPSA) is 33.1 Å². The first-order valence-corrected chi connectivity index (χ1v) is 5.74. The molecule has 0 fully saturated rings. The van der Waals surface area contributed by atoms with E-state index < -0.39 is 0 Å². The van der Waals surface area contributed by atoms with E-state index in [2.05, 4.69) is 18.8 Å². The molecule has 1 N–H and O–H groups in total. The second kappa shape index (κ2) is 5.86. The number of pyridine rings is 1. The summed E-state index contributed by atoms with van der Waals surface area (Å²) in [5.41, 5.74) is 1.93. The molecule has 0 amide bonds. The van der Waals surface area contributed by atoms with Crippen molar-refractivity contribution >= 4 is 0 Å². The van der Waals surface area contributed by atoms with Crippen LogP contribution in [0, 0.1) is 12.8 Å². The predicted molar refractivity (Wildman–Crippen MR) is 62.6 cm³/mol. The molecule has 0 saturated carbocycles. The van der Waals surface area contributed by atoms with Gasteiger partial charge in [0, 0.05) is 11.9 Å². The Kier molecular flexibility index (Phi) is 4.76. The van der Waals surface area contributed by atoms with Crippen molar-refractivity contribution in [3.05, 3.63) is 29.6 Å². The fraction of sp³-hybridized carbons (Fsp3) is 0.615. The summed E-state index contributed by atoms with van der Waals surface area (Å²) in [7, 11) is 0. The van der Waals surface area contributed by atoms with Gasteiger partial charge in [-0.1, -0.05) is 32.8 Å². The quantitative estimate of drug-likeness (QED) is 0.804. The Morgan fingerprint density at radius 3 is 2.67 bits per heavy atom. The predicted octanol–water partition coefficient (Wildman–Crippen LogP) is 3.25. The van der Waals surface area contributed by atoms with Crippen LogP contribution in [-0.4, -0.2) is 10.1 Å². The molecule has 2 heteroatoms. The van der Waals surface area contributed by atoms with Crippen LogP contribution in [0.2, 0.25) is 0 Å². The van der Waals surface area contributed by atoms with Gasteiger partial charge in [0.15, 0.2) is 0 Å². The minimum absolute atomic E-state index is 0.361. The third-order valence-corrected chi connectivity index (χ3v) is 2.73. The molecule has 0 aliphatic rings. The summed E-state index contributed by atoms with van der Waals surface area (Å²) in [5, 5.41) is 9.97. The lowest BCUT2D eigenvalue weighted by Gasteiger charge is -2.15. The maximum Gasteiger partial charge on any atom is 0.0807 e. The van der Waals surface area contributed by atoms with Crippen LogP contribution >= 0.6 is 0 Å². The van der Waals surface area contributed by atoms with Crippen molar-refractivity contribution < 1.29 is 5.11 Å². The fourth-order valence-corrected chi connectivity index (χ4v) is 1.80. The van der Waals surface area contributed by atoms with Crippen molar-refractivity contribution in [2.24, 2.45) is 5.92 Å². The van der Waals surface area contributed by atoms with Gasteiger partial charge in [-0.05, 0) is 30.9 Å². The van der Waals surface area contributed by atoms with Crippen LogP contribution in [0.15, 0.2) is 18.3 Å². The molecule has 0 aliphatic heterocycles. The molecule has 0 aromatic carbocycles. The molecule has 2 nitrogen and oxygen atoms in total. The Bertz CT molecular complexity index is 281. The molecule has 1 aromatic rings. The average Bonchev–Trinajstić information content (AvgIpc) is 2.18. The highest BCUT2D eigenvalue weighted by atomic mass is 16.3. The molecule has 84 valence electrons. The van der Waals surface area contributed by atoms with Crippen LogP contribution in [0.5, 0.6) is 0 Å². The monoisotopic (exact) mass is 207 g/mol. The van der Waals surface area contributed by atoms with Crippen LogP contribution in [0.3, 0.4) is 0 Å². The Morgan fingerprint density at radius 2 is 2.13 bits per heavy atom. The smallest absolute Gasteiger partial charge is 0.0807 e. The number of hydrogen-bond donors (Lipinski definition) is 1. The van der Waals surface area contributed by atoms with E-state index in [4.69, 9.17) is 0 Å². The van der Waals surface area contributed by atoms with Gasteiger partial charge in [-0.15, -0.1) is 0 Å². The van der Waals surface area contributed by atoms with Gasteiger partial charge in [0.05, 0.1) is 6.10 Å². The van der Waals surface area contributed by atoms with Crippen molar-refractivity contribution in [3.63, 3.8) is 0 Å². The van der Waals surface area contributed by atoms with E-state index in [1.807, 2.05) is 19.1 Å². The number of hydrogen-bond acceptors (Lipinski definition) is 2. The van der Waals surface area contributed by atoms with Crippen molar-refractivity contribution in [3.8, 4) is 0 Å². The summed E-state index contributed by atoms with van der Waals surface area (Å²) >= 11 is 0. The van der Waals surface area contributed by atoms with E-state index in [1.54, 1.807) is 6.20 Å². The molecule has 2 atom stereocenters. The largest absolute Gasteiger partial charge is 0.388 e. The van der Waals surface area contributed by atoms with Gasteiger partial charge >= 0.3 is 0 Å². The first kappa shape index (κ1) is 12.2. The van der Waals surface area contributed by atoms with E-state index >= 15 is 0 Å². The van der Waals surface area contributed by atoms with E-state index in [-0.39, 0.29) is 6.10 Å². The molecule has 0 aliphatic carbocycles. The molecule has 15 heavy (non-hydrogen) atoms. The van der Waals surface area contributed by atoms with Crippen molar-refractivity contribution in [2.75, 3.05) is 0 Å². The first-order chi connectivity index (χ1) is 7.13. The van der Waals surface area contributed by atoms with Gasteiger partial charge < -0.3 is 5.11 Å². The van der Waals surface area contributed by atoms with Crippen LogP contribution < -0.4 is 0 Å². The van der Waals surface area contributed by atoms with Crippen LogP contribution in [-0.2, 0) is 0 Å². The highest BCUT2D eigenvalue weighted by Gasteiger charge is 2.11. The standard InChI is InChI=1S/C13H21NO/c1-4-5-10(2)8-13(15)12-7-6-11(3)14-9-12/h6-7,9-10,13,15H,4-5,8H2,1-3H3. The van der Waals surface area contributed by atoms with Gasteiger partial charge in [-0.2, -0.15) is 0 Å². The van der Waals surface area contributed by atoms with Crippen molar-refractivity contribution in [2.45, 2.75) is 46.1 Å². The summed E-state index contributed by atoms with van der Waals surface area (Å²) in [4.78, 5) is 4.19. The van der Waals surface area contributed by atoms with E-state index in [9.17, 15) is 5.11 Å². The number of aliphatic hydroxyl groups excluding tert-OH is 1. The molecule has 0 spiro atoms. The van der Waals surface area contributed by atoms with Gasteiger partial charge in [0.2, 0.25) is 0 Å². The molecule has 1 aromatic heterocycles. The zero-order valence-electron chi connectivity index (χ0n) is 9.90. The fourth-order valence-electron chi connectivity index (χ4n) is 1.80. The molecule has 0 saturated heterocycles. The van der Waals surface area contributed by atoms with Gasteiger partial charge in [0.25, 0.3) is 0 Å². The van der Waals surface area contributed by atoms with Crippen LogP contribution in [0.4, 0.5) is 0 Å². The lowest BCUT2D eigenvalue weighted by Crippen LogP contribution is -2.05.